The molecule has 3 unspecified atom stereocenters. The Morgan fingerprint density at radius 2 is 1.92 bits per heavy atom. The Morgan fingerprint density at radius 3 is 2.60 bits per heavy atom. The van der Waals surface area contributed by atoms with Crippen LogP contribution in [0.2, 0.25) is 0 Å². The minimum atomic E-state index is -0.314. The number of thiophene rings is 1. The first-order valence-corrected chi connectivity index (χ1v) is 10.4. The Hall–Kier alpha value is -1.40. The Bertz CT molecular complexity index is 619. The Morgan fingerprint density at radius 1 is 1.16 bits per heavy atom. The summed E-state index contributed by atoms with van der Waals surface area (Å²) in [6, 6.07) is 3.95. The minimum absolute atomic E-state index is 0.00138. The second kappa shape index (κ2) is 7.08. The van der Waals surface area contributed by atoms with Gasteiger partial charge in [0.2, 0.25) is 5.91 Å². The molecule has 4 rings (SSSR count). The van der Waals surface area contributed by atoms with Crippen LogP contribution >= 0.6 is 11.3 Å². The van der Waals surface area contributed by atoms with Crippen LogP contribution in [0.4, 0.5) is 0 Å². The molecule has 2 aliphatic carbocycles. The zero-order valence-electron chi connectivity index (χ0n) is 14.5. The Balaban J connectivity index is 1.44. The Kier molecular flexibility index (Phi) is 4.82. The topological polar surface area (TPSA) is 75.4 Å². The van der Waals surface area contributed by atoms with Crippen molar-refractivity contribution in [3.63, 3.8) is 0 Å². The lowest BCUT2D eigenvalue weighted by Crippen LogP contribution is -2.57. The Labute approximate surface area is 153 Å². The molecule has 0 spiro atoms. The van der Waals surface area contributed by atoms with Gasteiger partial charge in [0.25, 0.3) is 5.91 Å². The van der Waals surface area contributed by atoms with E-state index in [2.05, 4.69) is 5.32 Å². The average Bonchev–Trinajstić information content (AvgIpc) is 3.26. The van der Waals surface area contributed by atoms with Gasteiger partial charge < -0.3 is 16.0 Å². The van der Waals surface area contributed by atoms with E-state index in [-0.39, 0.29) is 29.9 Å². The third-order valence-electron chi connectivity index (χ3n) is 6.23. The van der Waals surface area contributed by atoms with Gasteiger partial charge in [-0.05, 0) is 61.8 Å². The number of fused-ring (bicyclic) bond motifs is 2. The van der Waals surface area contributed by atoms with E-state index in [0.29, 0.717) is 18.4 Å². The highest BCUT2D eigenvalue weighted by Crippen LogP contribution is 2.40. The number of amides is 2. The zero-order chi connectivity index (χ0) is 17.4. The molecule has 136 valence electrons. The second-order valence-corrected chi connectivity index (χ2v) is 8.80. The molecule has 2 saturated carbocycles. The van der Waals surface area contributed by atoms with Crippen molar-refractivity contribution in [2.24, 2.45) is 17.6 Å². The van der Waals surface area contributed by atoms with E-state index in [9.17, 15) is 9.59 Å². The van der Waals surface area contributed by atoms with Crippen LogP contribution in [0.25, 0.3) is 0 Å². The molecule has 3 fully saturated rings. The molecule has 3 atom stereocenters. The first-order valence-electron chi connectivity index (χ1n) is 9.54. The predicted octanol–water partition coefficient (Wildman–Crippen LogP) is 2.37. The third-order valence-corrected chi connectivity index (χ3v) is 7.09. The van der Waals surface area contributed by atoms with Crippen molar-refractivity contribution in [1.29, 1.82) is 0 Å². The highest BCUT2D eigenvalue weighted by Gasteiger charge is 2.42. The van der Waals surface area contributed by atoms with Gasteiger partial charge in [0.05, 0.1) is 4.88 Å². The normalized spacial score (nSPS) is 34.8. The number of nitrogens with one attached hydrogen (secondary N) is 1. The minimum Gasteiger partial charge on any atom is -0.351 e. The largest absolute Gasteiger partial charge is 0.351 e. The number of carbonyl (C=O) groups excluding carboxylic acids is 2. The van der Waals surface area contributed by atoms with Crippen molar-refractivity contribution in [3.05, 3.63) is 22.4 Å². The molecule has 2 heterocycles. The summed E-state index contributed by atoms with van der Waals surface area (Å²) >= 11 is 1.44. The van der Waals surface area contributed by atoms with Crippen LogP contribution < -0.4 is 11.1 Å². The fraction of sp³-hybridized carbons (Fsp3) is 0.684. The van der Waals surface area contributed by atoms with Gasteiger partial charge in [-0.25, -0.2) is 0 Å². The fourth-order valence-electron chi connectivity index (χ4n) is 5.11. The van der Waals surface area contributed by atoms with Crippen molar-refractivity contribution >= 4 is 23.2 Å². The van der Waals surface area contributed by atoms with Crippen LogP contribution in [-0.2, 0) is 4.79 Å². The molecule has 1 saturated heterocycles. The molecule has 25 heavy (non-hydrogen) atoms. The maximum Gasteiger partial charge on any atom is 0.264 e. The number of hydrogen-bond acceptors (Lipinski definition) is 4. The number of rotatable bonds is 3. The number of hydrogen-bond donors (Lipinski definition) is 2. The number of carbonyl (C=O) groups is 2. The zero-order valence-corrected chi connectivity index (χ0v) is 15.3. The number of nitrogens with zero attached hydrogens (tertiary/aromatic N) is 1. The molecule has 1 aromatic rings. The first kappa shape index (κ1) is 17.0. The maximum absolute atomic E-state index is 13.0. The summed E-state index contributed by atoms with van der Waals surface area (Å²) in [6.45, 7) is 0.678. The predicted molar refractivity (Wildman–Crippen MR) is 98.3 cm³/mol. The van der Waals surface area contributed by atoms with Gasteiger partial charge in [0.1, 0.15) is 6.04 Å². The maximum atomic E-state index is 13.0. The van der Waals surface area contributed by atoms with Gasteiger partial charge in [-0.15, -0.1) is 11.3 Å². The summed E-state index contributed by atoms with van der Waals surface area (Å²) in [5, 5.41) is 5.24. The van der Waals surface area contributed by atoms with E-state index < -0.39 is 0 Å². The molecule has 0 radical (unpaired) electrons. The molecule has 5 nitrogen and oxygen atoms in total. The van der Waals surface area contributed by atoms with Gasteiger partial charge in [0, 0.05) is 18.6 Å². The second-order valence-electron chi connectivity index (χ2n) is 7.85. The van der Waals surface area contributed by atoms with Gasteiger partial charge in [-0.1, -0.05) is 12.5 Å². The summed E-state index contributed by atoms with van der Waals surface area (Å²) in [7, 11) is 0. The van der Waals surface area contributed by atoms with Gasteiger partial charge in [0.15, 0.2) is 0 Å². The van der Waals surface area contributed by atoms with E-state index in [0.717, 1.165) is 43.4 Å². The van der Waals surface area contributed by atoms with E-state index in [1.165, 1.54) is 17.8 Å². The van der Waals surface area contributed by atoms with E-state index in [1.807, 2.05) is 17.5 Å². The molecule has 2 bridgehead atoms. The summed E-state index contributed by atoms with van der Waals surface area (Å²) in [6.07, 6.45) is 7.28. The molecule has 0 aromatic carbocycles. The third kappa shape index (κ3) is 3.34. The standard InChI is InChI=1S/C19H27N3O2S/c20-14-10-12-4-1-5-13(11-14)17(12)21-18(23)15-6-2-8-22(15)19(24)16-7-3-9-25-16/h3,7,9,12-15,17H,1-2,4-6,8,10-11,20H2,(H,21,23). The lowest BCUT2D eigenvalue weighted by Gasteiger charge is -2.45. The quantitative estimate of drug-likeness (QED) is 0.868. The molecular formula is C19H27N3O2S. The van der Waals surface area contributed by atoms with Gasteiger partial charge >= 0.3 is 0 Å². The lowest BCUT2D eigenvalue weighted by molar-refractivity contribution is -0.127. The van der Waals surface area contributed by atoms with Crippen molar-refractivity contribution in [1.82, 2.24) is 10.2 Å². The van der Waals surface area contributed by atoms with E-state index in [1.54, 1.807) is 4.90 Å². The molecule has 3 N–H and O–H groups in total. The number of nitrogens with two attached hydrogens (primary N) is 1. The van der Waals surface area contributed by atoms with Crippen molar-refractivity contribution in [2.75, 3.05) is 6.54 Å². The molecule has 1 aromatic heterocycles. The van der Waals surface area contributed by atoms with E-state index >= 15 is 0 Å². The van der Waals surface area contributed by atoms with Crippen molar-refractivity contribution < 1.29 is 9.59 Å². The van der Waals surface area contributed by atoms with Crippen LogP contribution in [-0.4, -0.2) is 41.4 Å². The highest BCUT2D eigenvalue weighted by atomic mass is 32.1. The van der Waals surface area contributed by atoms with Crippen LogP contribution in [0, 0.1) is 11.8 Å². The molecule has 2 amide bonds. The van der Waals surface area contributed by atoms with Crippen LogP contribution in [0.5, 0.6) is 0 Å². The lowest BCUT2D eigenvalue weighted by atomic mass is 9.67. The summed E-state index contributed by atoms with van der Waals surface area (Å²) in [5.74, 6) is 1.06. The average molecular weight is 362 g/mol. The monoisotopic (exact) mass is 361 g/mol. The fourth-order valence-corrected chi connectivity index (χ4v) is 5.79. The highest BCUT2D eigenvalue weighted by molar-refractivity contribution is 7.12. The van der Waals surface area contributed by atoms with Crippen LogP contribution in [0.1, 0.15) is 54.6 Å². The smallest absolute Gasteiger partial charge is 0.264 e. The summed E-state index contributed by atoms with van der Waals surface area (Å²) in [5.41, 5.74) is 6.19. The van der Waals surface area contributed by atoms with Crippen LogP contribution in [0.3, 0.4) is 0 Å². The van der Waals surface area contributed by atoms with Gasteiger partial charge in [-0.3, -0.25) is 9.59 Å². The molecular weight excluding hydrogens is 334 g/mol. The summed E-state index contributed by atoms with van der Waals surface area (Å²) in [4.78, 5) is 28.2. The molecule has 3 aliphatic rings. The van der Waals surface area contributed by atoms with Crippen molar-refractivity contribution in [3.8, 4) is 0 Å². The number of likely N-dealkylation sites (tertiary alicyclic amines) is 1. The molecule has 6 heteroatoms. The SMILES string of the molecule is NC1CC2CCCC(C1)C2NC(=O)C1CCCN1C(=O)c1cccs1. The first-order chi connectivity index (χ1) is 12.1. The van der Waals surface area contributed by atoms with E-state index in [4.69, 9.17) is 5.73 Å². The summed E-state index contributed by atoms with van der Waals surface area (Å²) < 4.78 is 0. The van der Waals surface area contributed by atoms with Gasteiger partial charge in [-0.2, -0.15) is 0 Å². The van der Waals surface area contributed by atoms with Crippen molar-refractivity contribution in [2.45, 2.75) is 63.1 Å². The molecule has 1 aliphatic heterocycles. The van der Waals surface area contributed by atoms with Crippen LogP contribution in [0.15, 0.2) is 17.5 Å².